The minimum absolute atomic E-state index is 0.879. The van der Waals surface area contributed by atoms with E-state index in [0.717, 1.165) is 6.42 Å². The Morgan fingerprint density at radius 1 is 1.18 bits per heavy atom. The molecule has 1 heterocycles. The van der Waals surface area contributed by atoms with Crippen molar-refractivity contribution >= 4 is 0 Å². The standard InChI is InChI=1S/C10H16N/c1-2-3-4-5-8-11-9-6-7-10-11/h3-5,8H,1-2,6-7,9-10H2/b4-3+,8-5+. The van der Waals surface area contributed by atoms with E-state index in [-0.39, 0.29) is 0 Å². The van der Waals surface area contributed by atoms with Gasteiger partial charge < -0.3 is 4.90 Å². The van der Waals surface area contributed by atoms with Gasteiger partial charge in [0.1, 0.15) is 0 Å². The Kier molecular flexibility index (Phi) is 3.81. The Morgan fingerprint density at radius 2 is 1.91 bits per heavy atom. The first-order valence-corrected chi connectivity index (χ1v) is 4.30. The maximum absolute atomic E-state index is 3.72. The predicted octanol–water partition coefficient (Wildman–Crippen LogP) is 2.38. The molecule has 11 heavy (non-hydrogen) atoms. The van der Waals surface area contributed by atoms with Crippen LogP contribution in [0, 0.1) is 6.92 Å². The molecule has 0 saturated carbocycles. The van der Waals surface area contributed by atoms with Crippen LogP contribution in [-0.4, -0.2) is 18.0 Å². The Bertz CT molecular complexity index is 141. The van der Waals surface area contributed by atoms with Gasteiger partial charge in [0.25, 0.3) is 0 Å². The number of hydrogen-bond donors (Lipinski definition) is 0. The smallest absolute Gasteiger partial charge is 0.0173 e. The molecule has 0 bridgehead atoms. The third-order valence-electron chi connectivity index (χ3n) is 1.85. The van der Waals surface area contributed by atoms with Gasteiger partial charge in [-0.05, 0) is 38.5 Å². The molecule has 61 valence electrons. The molecule has 0 spiro atoms. The Balaban J connectivity index is 2.17. The Morgan fingerprint density at radius 3 is 2.55 bits per heavy atom. The lowest BCUT2D eigenvalue weighted by Gasteiger charge is -2.08. The second-order valence-electron chi connectivity index (χ2n) is 2.80. The van der Waals surface area contributed by atoms with Crippen molar-refractivity contribution in [3.63, 3.8) is 0 Å². The maximum Gasteiger partial charge on any atom is 0.0173 e. The summed E-state index contributed by atoms with van der Waals surface area (Å²) in [4.78, 5) is 2.35. The maximum atomic E-state index is 3.72. The van der Waals surface area contributed by atoms with Crippen molar-refractivity contribution in [1.82, 2.24) is 4.90 Å². The van der Waals surface area contributed by atoms with Crippen LogP contribution in [0.25, 0.3) is 0 Å². The van der Waals surface area contributed by atoms with Gasteiger partial charge in [-0.25, -0.2) is 0 Å². The average Bonchev–Trinajstić information content (AvgIpc) is 2.50. The Hall–Kier alpha value is -0.720. The molecular weight excluding hydrogens is 134 g/mol. The number of likely N-dealkylation sites (tertiary alicyclic amines) is 1. The second-order valence-corrected chi connectivity index (χ2v) is 2.80. The molecular formula is C10H16N. The summed E-state index contributed by atoms with van der Waals surface area (Å²) in [5.41, 5.74) is 0. The molecule has 1 aliphatic rings. The molecule has 0 N–H and O–H groups in total. The van der Waals surface area contributed by atoms with Crippen molar-refractivity contribution in [3.8, 4) is 0 Å². The van der Waals surface area contributed by atoms with Gasteiger partial charge in [-0.2, -0.15) is 0 Å². The number of nitrogens with zero attached hydrogens (tertiary/aromatic N) is 1. The molecule has 1 radical (unpaired) electrons. The highest BCUT2D eigenvalue weighted by atomic mass is 15.1. The fourth-order valence-corrected chi connectivity index (χ4v) is 1.24. The zero-order valence-electron chi connectivity index (χ0n) is 7.00. The Labute approximate surface area is 69.4 Å². The molecule has 0 amide bonds. The number of hydrogen-bond acceptors (Lipinski definition) is 1. The van der Waals surface area contributed by atoms with Crippen LogP contribution in [0.3, 0.4) is 0 Å². The van der Waals surface area contributed by atoms with E-state index in [1.54, 1.807) is 0 Å². The summed E-state index contributed by atoms with van der Waals surface area (Å²) in [5, 5.41) is 0. The van der Waals surface area contributed by atoms with E-state index in [2.05, 4.69) is 36.3 Å². The lowest BCUT2D eigenvalue weighted by molar-refractivity contribution is 0.468. The van der Waals surface area contributed by atoms with Crippen LogP contribution in [0.5, 0.6) is 0 Å². The van der Waals surface area contributed by atoms with Crippen LogP contribution >= 0.6 is 0 Å². The van der Waals surface area contributed by atoms with Crippen molar-refractivity contribution in [2.24, 2.45) is 0 Å². The van der Waals surface area contributed by atoms with E-state index >= 15 is 0 Å². The van der Waals surface area contributed by atoms with Gasteiger partial charge in [0.05, 0.1) is 0 Å². The molecule has 0 aliphatic carbocycles. The van der Waals surface area contributed by atoms with E-state index in [1.165, 1.54) is 25.9 Å². The van der Waals surface area contributed by atoms with Crippen LogP contribution in [0.4, 0.5) is 0 Å². The quantitative estimate of drug-likeness (QED) is 0.558. The van der Waals surface area contributed by atoms with Gasteiger partial charge in [0.2, 0.25) is 0 Å². The first kappa shape index (κ1) is 8.38. The van der Waals surface area contributed by atoms with E-state index in [1.807, 2.05) is 0 Å². The summed E-state index contributed by atoms with van der Waals surface area (Å²) in [6, 6.07) is 0. The molecule has 1 nitrogen and oxygen atoms in total. The first-order valence-electron chi connectivity index (χ1n) is 4.30. The van der Waals surface area contributed by atoms with Gasteiger partial charge in [0, 0.05) is 13.1 Å². The molecule has 0 atom stereocenters. The highest BCUT2D eigenvalue weighted by Gasteiger charge is 2.04. The minimum atomic E-state index is 0.879. The van der Waals surface area contributed by atoms with Crippen molar-refractivity contribution < 1.29 is 0 Å². The lowest BCUT2D eigenvalue weighted by atomic mass is 10.4. The molecule has 1 rings (SSSR count). The molecule has 0 unspecified atom stereocenters. The summed E-state index contributed by atoms with van der Waals surface area (Å²) in [5.74, 6) is 0. The van der Waals surface area contributed by atoms with Gasteiger partial charge in [-0.15, -0.1) is 0 Å². The number of allylic oxidation sites excluding steroid dienone is 3. The second kappa shape index (κ2) is 5.00. The van der Waals surface area contributed by atoms with Crippen LogP contribution in [0.2, 0.25) is 0 Å². The SMILES string of the molecule is [CH2]C/C=C/C=C/N1CCCC1. The third-order valence-corrected chi connectivity index (χ3v) is 1.85. The summed E-state index contributed by atoms with van der Waals surface area (Å²) in [7, 11) is 0. The molecule has 1 aliphatic heterocycles. The van der Waals surface area contributed by atoms with Crippen LogP contribution in [0.15, 0.2) is 24.4 Å². The zero-order chi connectivity index (χ0) is 7.94. The summed E-state index contributed by atoms with van der Waals surface area (Å²) in [6.07, 6.45) is 12.0. The highest BCUT2D eigenvalue weighted by molar-refractivity contribution is 5.02. The summed E-state index contributed by atoms with van der Waals surface area (Å²) in [6.45, 7) is 6.18. The summed E-state index contributed by atoms with van der Waals surface area (Å²) >= 11 is 0. The van der Waals surface area contributed by atoms with E-state index in [0.29, 0.717) is 0 Å². The summed E-state index contributed by atoms with van der Waals surface area (Å²) < 4.78 is 0. The minimum Gasteiger partial charge on any atom is -0.377 e. The zero-order valence-corrected chi connectivity index (χ0v) is 7.00. The molecule has 0 aromatic rings. The van der Waals surface area contributed by atoms with Crippen molar-refractivity contribution in [3.05, 3.63) is 31.4 Å². The average molecular weight is 150 g/mol. The monoisotopic (exact) mass is 150 g/mol. The fourth-order valence-electron chi connectivity index (χ4n) is 1.24. The predicted molar refractivity (Wildman–Crippen MR) is 49.1 cm³/mol. The van der Waals surface area contributed by atoms with Gasteiger partial charge in [-0.3, -0.25) is 0 Å². The van der Waals surface area contributed by atoms with E-state index < -0.39 is 0 Å². The fraction of sp³-hybridized carbons (Fsp3) is 0.500. The van der Waals surface area contributed by atoms with Crippen LogP contribution in [0.1, 0.15) is 19.3 Å². The van der Waals surface area contributed by atoms with Crippen molar-refractivity contribution in [1.29, 1.82) is 0 Å². The van der Waals surface area contributed by atoms with Gasteiger partial charge in [-0.1, -0.05) is 12.2 Å². The molecule has 0 aromatic heterocycles. The van der Waals surface area contributed by atoms with Crippen molar-refractivity contribution in [2.75, 3.05) is 13.1 Å². The molecule has 1 fully saturated rings. The van der Waals surface area contributed by atoms with Crippen LogP contribution in [-0.2, 0) is 0 Å². The van der Waals surface area contributed by atoms with Gasteiger partial charge >= 0.3 is 0 Å². The number of rotatable bonds is 3. The van der Waals surface area contributed by atoms with E-state index in [9.17, 15) is 0 Å². The third kappa shape index (κ3) is 3.26. The van der Waals surface area contributed by atoms with Crippen molar-refractivity contribution in [2.45, 2.75) is 19.3 Å². The molecule has 1 saturated heterocycles. The highest BCUT2D eigenvalue weighted by Crippen LogP contribution is 2.06. The first-order chi connectivity index (χ1) is 5.43. The van der Waals surface area contributed by atoms with Crippen LogP contribution < -0.4 is 0 Å². The largest absolute Gasteiger partial charge is 0.377 e. The molecule has 1 heteroatoms. The van der Waals surface area contributed by atoms with Gasteiger partial charge in [0.15, 0.2) is 0 Å². The topological polar surface area (TPSA) is 3.24 Å². The normalized spacial score (nSPS) is 19.2. The van der Waals surface area contributed by atoms with E-state index in [4.69, 9.17) is 0 Å². The lowest BCUT2D eigenvalue weighted by Crippen LogP contribution is -2.09. The molecule has 0 aromatic carbocycles.